The number of rotatable bonds is 4. The molecule has 3 heteroatoms. The summed E-state index contributed by atoms with van der Waals surface area (Å²) in [5, 5.41) is 6.63. The van der Waals surface area contributed by atoms with Gasteiger partial charge in [-0.2, -0.15) is 0 Å². The average Bonchev–Trinajstić information content (AvgIpc) is 2.40. The second kappa shape index (κ2) is 7.13. The largest absolute Gasteiger partial charge is 0.352 e. The summed E-state index contributed by atoms with van der Waals surface area (Å²) in [7, 11) is 0. The summed E-state index contributed by atoms with van der Waals surface area (Å²) in [6, 6.07) is 0.773. The van der Waals surface area contributed by atoms with Crippen molar-refractivity contribution in [3.05, 3.63) is 0 Å². The third-order valence-corrected chi connectivity index (χ3v) is 4.61. The molecule has 2 N–H and O–H groups in total. The van der Waals surface area contributed by atoms with Crippen LogP contribution in [0.2, 0.25) is 0 Å². The van der Waals surface area contributed by atoms with Gasteiger partial charge in [0.2, 0.25) is 5.91 Å². The Kier molecular flexibility index (Phi) is 5.48. The lowest BCUT2D eigenvalue weighted by molar-refractivity contribution is -0.122. The molecule has 3 nitrogen and oxygen atoms in total. The van der Waals surface area contributed by atoms with Gasteiger partial charge in [-0.1, -0.05) is 32.1 Å². The Labute approximate surface area is 111 Å². The van der Waals surface area contributed by atoms with Gasteiger partial charge in [0.05, 0.1) is 0 Å². The molecule has 0 aromatic heterocycles. The van der Waals surface area contributed by atoms with Crippen LogP contribution in [0.15, 0.2) is 0 Å². The molecule has 2 atom stereocenters. The van der Waals surface area contributed by atoms with Crippen LogP contribution in [-0.4, -0.2) is 24.5 Å². The van der Waals surface area contributed by atoms with E-state index < -0.39 is 0 Å². The zero-order valence-corrected chi connectivity index (χ0v) is 11.7. The van der Waals surface area contributed by atoms with E-state index >= 15 is 0 Å². The number of nitrogens with one attached hydrogen (secondary N) is 2. The van der Waals surface area contributed by atoms with E-state index in [9.17, 15) is 4.79 Å². The molecule has 2 aliphatic rings. The molecule has 1 aliphatic heterocycles. The van der Waals surface area contributed by atoms with Crippen molar-refractivity contribution in [1.82, 2.24) is 10.6 Å². The highest BCUT2D eigenvalue weighted by atomic mass is 16.1. The summed E-state index contributed by atoms with van der Waals surface area (Å²) in [5.74, 6) is 1.08. The maximum Gasteiger partial charge on any atom is 0.220 e. The van der Waals surface area contributed by atoms with Crippen molar-refractivity contribution in [2.24, 2.45) is 5.92 Å². The van der Waals surface area contributed by atoms with Gasteiger partial charge in [-0.15, -0.1) is 0 Å². The Morgan fingerprint density at radius 3 is 2.67 bits per heavy atom. The minimum absolute atomic E-state index is 0.265. The zero-order valence-electron chi connectivity index (χ0n) is 11.7. The minimum atomic E-state index is 0.265. The number of carbonyl (C=O) groups excluding carboxylic acids is 1. The molecule has 2 unspecified atom stereocenters. The SMILES string of the molecule is CC1NCCCC1NC(=O)CCC1CCCCC1. The molecule has 1 aliphatic carbocycles. The first kappa shape index (κ1) is 13.9. The number of amides is 1. The lowest BCUT2D eigenvalue weighted by Gasteiger charge is -2.31. The molecular weight excluding hydrogens is 224 g/mol. The molecule has 0 aromatic carbocycles. The van der Waals surface area contributed by atoms with E-state index in [1.807, 2.05) is 0 Å². The van der Waals surface area contributed by atoms with Crippen LogP contribution in [0, 0.1) is 5.92 Å². The molecule has 2 fully saturated rings. The van der Waals surface area contributed by atoms with Crippen LogP contribution >= 0.6 is 0 Å². The molecule has 0 spiro atoms. The summed E-state index contributed by atoms with van der Waals surface area (Å²) >= 11 is 0. The molecular formula is C15H28N2O. The first-order valence-corrected chi connectivity index (χ1v) is 7.78. The zero-order chi connectivity index (χ0) is 12.8. The highest BCUT2D eigenvalue weighted by Gasteiger charge is 2.22. The predicted molar refractivity (Wildman–Crippen MR) is 74.4 cm³/mol. The quantitative estimate of drug-likeness (QED) is 0.807. The van der Waals surface area contributed by atoms with Gasteiger partial charge in [0.15, 0.2) is 0 Å². The molecule has 1 saturated carbocycles. The Morgan fingerprint density at radius 2 is 1.94 bits per heavy atom. The average molecular weight is 252 g/mol. The Morgan fingerprint density at radius 1 is 1.17 bits per heavy atom. The first-order chi connectivity index (χ1) is 8.75. The van der Waals surface area contributed by atoms with Gasteiger partial charge >= 0.3 is 0 Å². The van der Waals surface area contributed by atoms with Crippen molar-refractivity contribution >= 4 is 5.91 Å². The van der Waals surface area contributed by atoms with Gasteiger partial charge < -0.3 is 10.6 Å². The Bertz CT molecular complexity index is 261. The van der Waals surface area contributed by atoms with Gasteiger partial charge in [0.1, 0.15) is 0 Å². The molecule has 0 bridgehead atoms. The van der Waals surface area contributed by atoms with E-state index in [1.54, 1.807) is 0 Å². The summed E-state index contributed by atoms with van der Waals surface area (Å²) in [6.07, 6.45) is 11.0. The topological polar surface area (TPSA) is 41.1 Å². The van der Waals surface area contributed by atoms with Gasteiger partial charge in [-0.25, -0.2) is 0 Å². The second-order valence-corrected chi connectivity index (χ2v) is 6.10. The number of hydrogen-bond donors (Lipinski definition) is 2. The number of piperidine rings is 1. The van der Waals surface area contributed by atoms with Crippen molar-refractivity contribution < 1.29 is 4.79 Å². The second-order valence-electron chi connectivity index (χ2n) is 6.10. The molecule has 0 radical (unpaired) electrons. The summed E-state index contributed by atoms with van der Waals surface area (Å²) in [5.41, 5.74) is 0. The highest BCUT2D eigenvalue weighted by molar-refractivity contribution is 5.76. The fourth-order valence-corrected chi connectivity index (χ4v) is 3.33. The van der Waals surface area contributed by atoms with E-state index in [4.69, 9.17) is 0 Å². The van der Waals surface area contributed by atoms with Crippen molar-refractivity contribution in [3.63, 3.8) is 0 Å². The molecule has 0 aromatic rings. The third-order valence-electron chi connectivity index (χ3n) is 4.61. The normalized spacial score (nSPS) is 30.1. The standard InChI is InChI=1S/C15H28N2O/c1-12-14(8-5-11-16-12)17-15(18)10-9-13-6-3-2-4-7-13/h12-14,16H,2-11H2,1H3,(H,17,18). The molecule has 1 heterocycles. The van der Waals surface area contributed by atoms with Gasteiger partial charge in [-0.05, 0) is 38.6 Å². The molecule has 1 saturated heterocycles. The molecule has 104 valence electrons. The van der Waals surface area contributed by atoms with Crippen molar-refractivity contribution in [2.45, 2.75) is 76.8 Å². The van der Waals surface area contributed by atoms with Crippen LogP contribution < -0.4 is 10.6 Å². The van der Waals surface area contributed by atoms with Gasteiger partial charge in [-0.3, -0.25) is 4.79 Å². The summed E-state index contributed by atoms with van der Waals surface area (Å²) in [6.45, 7) is 3.26. The molecule has 18 heavy (non-hydrogen) atoms. The lowest BCUT2D eigenvalue weighted by Crippen LogP contribution is -2.51. The van der Waals surface area contributed by atoms with Crippen LogP contribution in [0.1, 0.15) is 64.7 Å². The van der Waals surface area contributed by atoms with Crippen LogP contribution in [0.4, 0.5) is 0 Å². The Hall–Kier alpha value is -0.570. The van der Waals surface area contributed by atoms with E-state index in [-0.39, 0.29) is 5.91 Å². The van der Waals surface area contributed by atoms with E-state index in [2.05, 4.69) is 17.6 Å². The predicted octanol–water partition coefficient (Wildman–Crippen LogP) is 2.60. The van der Waals surface area contributed by atoms with E-state index in [1.165, 1.54) is 38.5 Å². The Balaban J connectivity index is 1.64. The summed E-state index contributed by atoms with van der Waals surface area (Å²) in [4.78, 5) is 12.0. The molecule has 1 amide bonds. The van der Waals surface area contributed by atoms with Crippen LogP contribution in [0.3, 0.4) is 0 Å². The van der Waals surface area contributed by atoms with E-state index in [0.717, 1.165) is 31.7 Å². The first-order valence-electron chi connectivity index (χ1n) is 7.78. The lowest BCUT2D eigenvalue weighted by atomic mass is 9.86. The van der Waals surface area contributed by atoms with Crippen LogP contribution in [0.25, 0.3) is 0 Å². The maximum absolute atomic E-state index is 12.0. The van der Waals surface area contributed by atoms with Crippen molar-refractivity contribution in [3.8, 4) is 0 Å². The van der Waals surface area contributed by atoms with Crippen LogP contribution in [0.5, 0.6) is 0 Å². The highest BCUT2D eigenvalue weighted by Crippen LogP contribution is 2.27. The smallest absolute Gasteiger partial charge is 0.220 e. The van der Waals surface area contributed by atoms with Gasteiger partial charge in [0, 0.05) is 18.5 Å². The third kappa shape index (κ3) is 4.27. The van der Waals surface area contributed by atoms with Crippen LogP contribution in [-0.2, 0) is 4.79 Å². The fourth-order valence-electron chi connectivity index (χ4n) is 3.33. The van der Waals surface area contributed by atoms with E-state index in [0.29, 0.717) is 12.1 Å². The summed E-state index contributed by atoms with van der Waals surface area (Å²) < 4.78 is 0. The number of hydrogen-bond acceptors (Lipinski definition) is 2. The minimum Gasteiger partial charge on any atom is -0.352 e. The fraction of sp³-hybridized carbons (Fsp3) is 0.933. The van der Waals surface area contributed by atoms with Crippen molar-refractivity contribution in [1.29, 1.82) is 0 Å². The monoisotopic (exact) mass is 252 g/mol. The molecule has 2 rings (SSSR count). The van der Waals surface area contributed by atoms with Gasteiger partial charge in [0.25, 0.3) is 0 Å². The van der Waals surface area contributed by atoms with Crippen molar-refractivity contribution in [2.75, 3.05) is 6.54 Å². The maximum atomic E-state index is 12.0. The number of carbonyl (C=O) groups is 1.